The smallest absolute Gasteiger partial charge is 0.220 e. The number of aryl methyl sites for hydroxylation is 1. The maximum absolute atomic E-state index is 12.7. The van der Waals surface area contributed by atoms with E-state index >= 15 is 0 Å². The van der Waals surface area contributed by atoms with Gasteiger partial charge in [0.15, 0.2) is 0 Å². The standard InChI is InChI=1S/C24H24N2O2/c1-26-17-22(21-11-5-6-12-23(21)26)19(14-18-8-3-2-4-9-18)15-24(27)25-16-20-10-7-13-28-20/h2-13,17,19H,14-16H2,1H3,(H,25,27). The third-order valence-electron chi connectivity index (χ3n) is 5.16. The highest BCUT2D eigenvalue weighted by Crippen LogP contribution is 2.32. The van der Waals surface area contributed by atoms with Gasteiger partial charge in [-0.3, -0.25) is 4.79 Å². The highest BCUT2D eigenvalue weighted by Gasteiger charge is 2.21. The number of aromatic nitrogens is 1. The lowest BCUT2D eigenvalue weighted by Gasteiger charge is -2.17. The molecule has 1 N–H and O–H groups in total. The Bertz CT molecular complexity index is 1050. The van der Waals surface area contributed by atoms with Gasteiger partial charge in [-0.25, -0.2) is 0 Å². The molecule has 0 aliphatic rings. The van der Waals surface area contributed by atoms with Gasteiger partial charge in [0.05, 0.1) is 12.8 Å². The van der Waals surface area contributed by atoms with E-state index in [1.54, 1.807) is 6.26 Å². The first-order chi connectivity index (χ1) is 13.7. The molecule has 1 atom stereocenters. The molecule has 142 valence electrons. The van der Waals surface area contributed by atoms with Crippen LogP contribution in [0.4, 0.5) is 0 Å². The number of hydrogen-bond donors (Lipinski definition) is 1. The van der Waals surface area contributed by atoms with Gasteiger partial charge >= 0.3 is 0 Å². The molecule has 4 aromatic rings. The van der Waals surface area contributed by atoms with Gasteiger partial charge in [-0.2, -0.15) is 0 Å². The van der Waals surface area contributed by atoms with Crippen molar-refractivity contribution < 1.29 is 9.21 Å². The second-order valence-electron chi connectivity index (χ2n) is 7.16. The van der Waals surface area contributed by atoms with Crippen LogP contribution in [0.25, 0.3) is 10.9 Å². The molecule has 1 unspecified atom stereocenters. The van der Waals surface area contributed by atoms with Crippen LogP contribution in [0.2, 0.25) is 0 Å². The van der Waals surface area contributed by atoms with Crippen molar-refractivity contribution in [3.8, 4) is 0 Å². The molecule has 28 heavy (non-hydrogen) atoms. The number of nitrogens with one attached hydrogen (secondary N) is 1. The summed E-state index contributed by atoms with van der Waals surface area (Å²) in [5.74, 6) is 0.897. The highest BCUT2D eigenvalue weighted by molar-refractivity contribution is 5.86. The SMILES string of the molecule is Cn1cc(C(CC(=O)NCc2ccco2)Cc2ccccc2)c2ccccc21. The molecular weight excluding hydrogens is 348 g/mol. The molecule has 0 fully saturated rings. The van der Waals surface area contributed by atoms with Gasteiger partial charge in [0.2, 0.25) is 5.91 Å². The highest BCUT2D eigenvalue weighted by atomic mass is 16.3. The molecule has 0 aliphatic heterocycles. The van der Waals surface area contributed by atoms with Crippen molar-refractivity contribution in [2.75, 3.05) is 0 Å². The second kappa shape index (κ2) is 8.17. The third kappa shape index (κ3) is 4.01. The van der Waals surface area contributed by atoms with Crippen LogP contribution in [0, 0.1) is 0 Å². The minimum atomic E-state index is 0.0327. The van der Waals surface area contributed by atoms with Crippen LogP contribution in [0.15, 0.2) is 83.6 Å². The number of nitrogens with zero attached hydrogens (tertiary/aromatic N) is 1. The van der Waals surface area contributed by atoms with Crippen molar-refractivity contribution in [3.05, 3.63) is 96.1 Å². The van der Waals surface area contributed by atoms with Crippen molar-refractivity contribution >= 4 is 16.8 Å². The van der Waals surface area contributed by atoms with Crippen LogP contribution >= 0.6 is 0 Å². The summed E-state index contributed by atoms with van der Waals surface area (Å²) in [6.07, 6.45) is 5.04. The maximum atomic E-state index is 12.7. The first-order valence-electron chi connectivity index (χ1n) is 9.57. The van der Waals surface area contributed by atoms with E-state index in [0.717, 1.165) is 12.2 Å². The van der Waals surface area contributed by atoms with Crippen molar-refractivity contribution in [2.24, 2.45) is 7.05 Å². The Labute approximate surface area is 164 Å². The number of hydrogen-bond acceptors (Lipinski definition) is 2. The Morgan fingerprint density at radius 3 is 2.61 bits per heavy atom. The second-order valence-corrected chi connectivity index (χ2v) is 7.16. The quantitative estimate of drug-likeness (QED) is 0.506. The van der Waals surface area contributed by atoms with Crippen molar-refractivity contribution in [2.45, 2.75) is 25.3 Å². The fourth-order valence-electron chi connectivity index (χ4n) is 3.78. The molecule has 2 aromatic carbocycles. The van der Waals surface area contributed by atoms with E-state index in [-0.39, 0.29) is 11.8 Å². The van der Waals surface area contributed by atoms with Crippen LogP contribution in [0.1, 0.15) is 29.2 Å². The summed E-state index contributed by atoms with van der Waals surface area (Å²) in [6.45, 7) is 0.416. The summed E-state index contributed by atoms with van der Waals surface area (Å²) in [5, 5.41) is 4.20. The van der Waals surface area contributed by atoms with Crippen molar-refractivity contribution in [1.82, 2.24) is 9.88 Å². The predicted molar refractivity (Wildman–Crippen MR) is 111 cm³/mol. The summed E-state index contributed by atoms with van der Waals surface area (Å²) in [4.78, 5) is 12.7. The zero-order valence-electron chi connectivity index (χ0n) is 16.0. The average molecular weight is 372 g/mol. The van der Waals surface area contributed by atoms with Crippen LogP contribution in [-0.2, 0) is 24.8 Å². The van der Waals surface area contributed by atoms with Gasteiger partial charge in [0.25, 0.3) is 0 Å². The fourth-order valence-corrected chi connectivity index (χ4v) is 3.78. The van der Waals surface area contributed by atoms with Crippen molar-refractivity contribution in [3.63, 3.8) is 0 Å². The van der Waals surface area contributed by atoms with Gasteiger partial charge in [0, 0.05) is 30.6 Å². The molecule has 0 saturated heterocycles. The van der Waals surface area contributed by atoms with E-state index in [2.05, 4.69) is 53.5 Å². The van der Waals surface area contributed by atoms with Crippen LogP contribution in [-0.4, -0.2) is 10.5 Å². The van der Waals surface area contributed by atoms with Gasteiger partial charge in [-0.15, -0.1) is 0 Å². The predicted octanol–water partition coefficient (Wildman–Crippen LogP) is 4.80. The Kier molecular flexibility index (Phi) is 5.29. The molecule has 2 heterocycles. The van der Waals surface area contributed by atoms with Crippen LogP contribution < -0.4 is 5.32 Å². The van der Waals surface area contributed by atoms with E-state index < -0.39 is 0 Å². The molecule has 4 heteroatoms. The molecule has 4 nitrogen and oxygen atoms in total. The number of furan rings is 1. The molecule has 0 bridgehead atoms. The van der Waals surface area contributed by atoms with Gasteiger partial charge in [-0.05, 0) is 41.7 Å². The molecule has 0 spiro atoms. The van der Waals surface area contributed by atoms with E-state index in [1.165, 1.54) is 22.0 Å². The van der Waals surface area contributed by atoms with E-state index in [1.807, 2.05) is 36.4 Å². The molecule has 0 radical (unpaired) electrons. The van der Waals surface area contributed by atoms with Crippen LogP contribution in [0.5, 0.6) is 0 Å². The summed E-state index contributed by atoms with van der Waals surface area (Å²) in [6, 6.07) is 22.4. The summed E-state index contributed by atoms with van der Waals surface area (Å²) in [5.41, 5.74) is 3.64. The molecular formula is C24H24N2O2. The lowest BCUT2D eigenvalue weighted by Crippen LogP contribution is -2.25. The third-order valence-corrected chi connectivity index (χ3v) is 5.16. The normalized spacial score (nSPS) is 12.2. The number of fused-ring (bicyclic) bond motifs is 1. The maximum Gasteiger partial charge on any atom is 0.220 e. The van der Waals surface area contributed by atoms with Gasteiger partial charge in [0.1, 0.15) is 5.76 Å². The topological polar surface area (TPSA) is 47.2 Å². The summed E-state index contributed by atoms with van der Waals surface area (Å²) in [7, 11) is 2.06. The first-order valence-corrected chi connectivity index (χ1v) is 9.57. The number of amides is 1. The lowest BCUT2D eigenvalue weighted by atomic mass is 9.88. The number of para-hydroxylation sites is 1. The zero-order chi connectivity index (χ0) is 19.3. The first kappa shape index (κ1) is 18.1. The number of carbonyl (C=O) groups excluding carboxylic acids is 1. The van der Waals surface area contributed by atoms with E-state index in [4.69, 9.17) is 4.42 Å². The Morgan fingerprint density at radius 1 is 1.04 bits per heavy atom. The Morgan fingerprint density at radius 2 is 1.82 bits per heavy atom. The monoisotopic (exact) mass is 372 g/mol. The zero-order valence-corrected chi connectivity index (χ0v) is 16.0. The number of benzene rings is 2. The lowest BCUT2D eigenvalue weighted by molar-refractivity contribution is -0.121. The summed E-state index contributed by atoms with van der Waals surface area (Å²) >= 11 is 0. The van der Waals surface area contributed by atoms with Gasteiger partial charge < -0.3 is 14.3 Å². The average Bonchev–Trinajstić information content (AvgIpc) is 3.35. The van der Waals surface area contributed by atoms with E-state index in [0.29, 0.717) is 13.0 Å². The molecule has 2 aromatic heterocycles. The number of carbonyl (C=O) groups is 1. The van der Waals surface area contributed by atoms with E-state index in [9.17, 15) is 4.79 Å². The fraction of sp³-hybridized carbons (Fsp3) is 0.208. The molecule has 0 saturated carbocycles. The molecule has 0 aliphatic carbocycles. The van der Waals surface area contributed by atoms with Crippen LogP contribution in [0.3, 0.4) is 0 Å². The van der Waals surface area contributed by atoms with Gasteiger partial charge in [-0.1, -0.05) is 48.5 Å². The minimum Gasteiger partial charge on any atom is -0.467 e. The molecule has 1 amide bonds. The molecule has 4 rings (SSSR count). The minimum absolute atomic E-state index is 0.0327. The Balaban J connectivity index is 1.59. The Hall–Kier alpha value is -3.27. The van der Waals surface area contributed by atoms with Crippen molar-refractivity contribution in [1.29, 1.82) is 0 Å². The largest absolute Gasteiger partial charge is 0.467 e. The summed E-state index contributed by atoms with van der Waals surface area (Å²) < 4.78 is 7.45. The number of rotatable bonds is 7.